The quantitative estimate of drug-likeness (QED) is 0.308. The summed E-state index contributed by atoms with van der Waals surface area (Å²) in [6.45, 7) is 11.6. The van der Waals surface area contributed by atoms with Gasteiger partial charge >= 0.3 is 0 Å². The lowest BCUT2D eigenvalue weighted by molar-refractivity contribution is -0.127. The Morgan fingerprint density at radius 2 is 1.96 bits per heavy atom. The number of likely N-dealkylation sites (N-methyl/N-ethyl adjacent to an activating group) is 1. The van der Waals surface area contributed by atoms with E-state index in [9.17, 15) is 4.79 Å². The first-order chi connectivity index (χ1) is 13.0. The fourth-order valence-electron chi connectivity index (χ4n) is 3.75. The van der Waals surface area contributed by atoms with Gasteiger partial charge in [-0.15, -0.1) is 24.0 Å². The number of aliphatic imine (C=N–C) groups is 1. The Labute approximate surface area is 188 Å². The lowest BCUT2D eigenvalue weighted by atomic mass is 10.1. The van der Waals surface area contributed by atoms with Crippen LogP contribution in [0.25, 0.3) is 0 Å². The van der Waals surface area contributed by atoms with Crippen molar-refractivity contribution in [3.63, 3.8) is 0 Å². The van der Waals surface area contributed by atoms with Crippen LogP contribution in [0.4, 0.5) is 0 Å². The largest absolute Gasteiger partial charge is 0.376 e. The van der Waals surface area contributed by atoms with Crippen molar-refractivity contribution < 1.29 is 9.53 Å². The molecular weight excluding hydrogens is 469 g/mol. The number of guanidine groups is 1. The van der Waals surface area contributed by atoms with Crippen molar-refractivity contribution in [3.8, 4) is 0 Å². The molecule has 2 aliphatic rings. The van der Waals surface area contributed by atoms with Crippen molar-refractivity contribution in [2.75, 3.05) is 66.5 Å². The highest BCUT2D eigenvalue weighted by molar-refractivity contribution is 14.0. The first-order valence-corrected chi connectivity index (χ1v) is 10.6. The van der Waals surface area contributed by atoms with Gasteiger partial charge in [0.05, 0.1) is 6.10 Å². The summed E-state index contributed by atoms with van der Waals surface area (Å²) in [5, 5.41) is 3.49. The molecule has 0 spiro atoms. The second kappa shape index (κ2) is 13.6. The van der Waals surface area contributed by atoms with Crippen LogP contribution in [-0.2, 0) is 9.53 Å². The maximum atomic E-state index is 12.0. The zero-order chi connectivity index (χ0) is 19.6. The number of ether oxygens (including phenoxy) is 1. The van der Waals surface area contributed by atoms with Gasteiger partial charge in [-0.1, -0.05) is 13.8 Å². The predicted octanol–water partition coefficient (Wildman–Crippen LogP) is 1.87. The smallest absolute Gasteiger partial charge is 0.243 e. The summed E-state index contributed by atoms with van der Waals surface area (Å²) >= 11 is 0. The molecule has 7 nitrogen and oxygen atoms in total. The van der Waals surface area contributed by atoms with Crippen molar-refractivity contribution >= 4 is 35.8 Å². The van der Waals surface area contributed by atoms with Gasteiger partial charge in [0.2, 0.25) is 5.91 Å². The van der Waals surface area contributed by atoms with Crippen molar-refractivity contribution in [1.29, 1.82) is 0 Å². The molecule has 0 aromatic carbocycles. The summed E-state index contributed by atoms with van der Waals surface area (Å²) in [4.78, 5) is 23.0. The summed E-state index contributed by atoms with van der Waals surface area (Å²) in [6, 6.07) is 0. The van der Waals surface area contributed by atoms with Gasteiger partial charge in [-0.3, -0.25) is 4.79 Å². The molecule has 2 saturated heterocycles. The number of likely N-dealkylation sites (tertiary alicyclic amines) is 1. The minimum atomic E-state index is 0. The molecule has 164 valence electrons. The van der Waals surface area contributed by atoms with Gasteiger partial charge in [-0.2, -0.15) is 0 Å². The van der Waals surface area contributed by atoms with Crippen LogP contribution < -0.4 is 5.32 Å². The fourth-order valence-corrected chi connectivity index (χ4v) is 3.75. The van der Waals surface area contributed by atoms with E-state index in [0.29, 0.717) is 5.92 Å². The van der Waals surface area contributed by atoms with Crippen LogP contribution in [-0.4, -0.2) is 99.2 Å². The molecule has 2 rings (SSSR count). The number of halogens is 1. The highest BCUT2D eigenvalue weighted by atomic mass is 127. The minimum Gasteiger partial charge on any atom is -0.376 e. The number of hydrogen-bond acceptors (Lipinski definition) is 4. The van der Waals surface area contributed by atoms with Gasteiger partial charge in [-0.05, 0) is 44.7 Å². The number of hydrogen-bond donors (Lipinski definition) is 1. The molecule has 2 atom stereocenters. The molecule has 2 unspecified atom stereocenters. The van der Waals surface area contributed by atoms with Crippen LogP contribution in [0.1, 0.15) is 39.5 Å². The molecule has 28 heavy (non-hydrogen) atoms. The monoisotopic (exact) mass is 509 g/mol. The lowest BCUT2D eigenvalue weighted by Gasteiger charge is -2.27. The molecular formula is C20H40IN5O2. The third-order valence-corrected chi connectivity index (χ3v) is 5.62. The van der Waals surface area contributed by atoms with Crippen LogP contribution in [0, 0.1) is 5.92 Å². The van der Waals surface area contributed by atoms with Gasteiger partial charge in [0, 0.05) is 46.9 Å². The summed E-state index contributed by atoms with van der Waals surface area (Å²) in [5.41, 5.74) is 0. The zero-order valence-corrected chi connectivity index (χ0v) is 20.5. The van der Waals surface area contributed by atoms with Gasteiger partial charge in [-0.25, -0.2) is 4.99 Å². The van der Waals surface area contributed by atoms with E-state index in [-0.39, 0.29) is 42.5 Å². The van der Waals surface area contributed by atoms with E-state index in [1.165, 1.54) is 12.8 Å². The van der Waals surface area contributed by atoms with Crippen molar-refractivity contribution in [2.45, 2.75) is 45.6 Å². The first-order valence-electron chi connectivity index (χ1n) is 10.6. The molecule has 0 saturated carbocycles. The Morgan fingerprint density at radius 1 is 1.21 bits per heavy atom. The Bertz CT molecular complexity index is 479. The van der Waals surface area contributed by atoms with Gasteiger partial charge in [0.25, 0.3) is 0 Å². The van der Waals surface area contributed by atoms with Crippen molar-refractivity contribution in [1.82, 2.24) is 20.0 Å². The molecule has 8 heteroatoms. The third-order valence-electron chi connectivity index (χ3n) is 5.62. The Kier molecular flexibility index (Phi) is 12.3. The number of nitrogens with zero attached hydrogens (tertiary/aromatic N) is 4. The molecule has 2 heterocycles. The van der Waals surface area contributed by atoms with E-state index < -0.39 is 0 Å². The molecule has 0 bridgehead atoms. The van der Waals surface area contributed by atoms with Gasteiger partial charge in [0.15, 0.2) is 5.96 Å². The highest BCUT2D eigenvalue weighted by Gasteiger charge is 2.27. The van der Waals surface area contributed by atoms with Crippen LogP contribution in [0.5, 0.6) is 0 Å². The van der Waals surface area contributed by atoms with E-state index in [1.807, 2.05) is 0 Å². The minimum absolute atomic E-state index is 0. The molecule has 1 amide bonds. The molecule has 0 aromatic rings. The van der Waals surface area contributed by atoms with E-state index in [1.54, 1.807) is 19.0 Å². The Morgan fingerprint density at radius 3 is 2.57 bits per heavy atom. The fraction of sp³-hybridized carbons (Fsp3) is 0.900. The predicted molar refractivity (Wildman–Crippen MR) is 125 cm³/mol. The average Bonchev–Trinajstić information content (AvgIpc) is 3.15. The lowest BCUT2D eigenvalue weighted by Crippen LogP contribution is -2.45. The normalized spacial score (nSPS) is 22.9. The van der Waals surface area contributed by atoms with Crippen LogP contribution in [0.15, 0.2) is 4.99 Å². The summed E-state index contributed by atoms with van der Waals surface area (Å²) in [6.07, 6.45) is 4.92. The number of rotatable bonds is 8. The molecule has 2 aliphatic heterocycles. The standard InChI is InChI=1S/C20H39N5O2.HI/c1-5-24(6-2)15-17-10-11-25(16-17)20(22-14-19(26)23(3)4)21-13-18-9-7-8-12-27-18;/h17-18H,5-16H2,1-4H3,(H,21,22);1H. The highest BCUT2D eigenvalue weighted by Crippen LogP contribution is 2.18. The third kappa shape index (κ3) is 8.41. The zero-order valence-electron chi connectivity index (χ0n) is 18.2. The van der Waals surface area contributed by atoms with Crippen LogP contribution in [0.3, 0.4) is 0 Å². The SMILES string of the molecule is CCN(CC)CC1CCN(C(=NCC(=O)N(C)C)NCC2CCCCO2)C1.I. The average molecular weight is 509 g/mol. The molecule has 1 N–H and O–H groups in total. The van der Waals surface area contributed by atoms with Crippen LogP contribution >= 0.6 is 24.0 Å². The summed E-state index contributed by atoms with van der Waals surface area (Å²) in [7, 11) is 3.55. The number of amides is 1. The maximum Gasteiger partial charge on any atom is 0.243 e. The number of carbonyl (C=O) groups is 1. The molecule has 0 aromatic heterocycles. The van der Waals surface area contributed by atoms with E-state index in [4.69, 9.17) is 4.74 Å². The Hall–Kier alpha value is -0.610. The second-order valence-electron chi connectivity index (χ2n) is 7.88. The summed E-state index contributed by atoms with van der Waals surface area (Å²) < 4.78 is 5.84. The topological polar surface area (TPSA) is 60.4 Å². The van der Waals surface area contributed by atoms with E-state index in [2.05, 4.69) is 34.0 Å². The molecule has 0 radical (unpaired) electrons. The van der Waals surface area contributed by atoms with Gasteiger partial charge in [0.1, 0.15) is 6.54 Å². The first kappa shape index (κ1) is 25.4. The van der Waals surface area contributed by atoms with Crippen molar-refractivity contribution in [2.24, 2.45) is 10.9 Å². The maximum absolute atomic E-state index is 12.0. The van der Waals surface area contributed by atoms with Crippen molar-refractivity contribution in [3.05, 3.63) is 0 Å². The van der Waals surface area contributed by atoms with Crippen LogP contribution in [0.2, 0.25) is 0 Å². The van der Waals surface area contributed by atoms with Gasteiger partial charge < -0.3 is 24.8 Å². The van der Waals surface area contributed by atoms with E-state index in [0.717, 1.165) is 64.7 Å². The number of carbonyl (C=O) groups excluding carboxylic acids is 1. The second-order valence-corrected chi connectivity index (χ2v) is 7.88. The molecule has 2 fully saturated rings. The van der Waals surface area contributed by atoms with E-state index >= 15 is 0 Å². The summed E-state index contributed by atoms with van der Waals surface area (Å²) in [5.74, 6) is 1.55. The Balaban J connectivity index is 0.00000392. The molecule has 0 aliphatic carbocycles. The number of nitrogens with one attached hydrogen (secondary N) is 1.